The average Bonchev–Trinajstić information content (AvgIpc) is 2.76. The van der Waals surface area contributed by atoms with Crippen LogP contribution in [0.25, 0.3) is 0 Å². The van der Waals surface area contributed by atoms with E-state index in [1.165, 1.54) is 0 Å². The zero-order valence-corrected chi connectivity index (χ0v) is 13.1. The lowest BCUT2D eigenvalue weighted by molar-refractivity contribution is -0.168. The van der Waals surface area contributed by atoms with Gasteiger partial charge in [0, 0.05) is 0 Å². The Morgan fingerprint density at radius 1 is 0.625 bits per heavy atom. The van der Waals surface area contributed by atoms with E-state index in [2.05, 4.69) is 0 Å². The number of carboxylic acid groups (broad SMARTS) is 4. The first-order valence-corrected chi connectivity index (χ1v) is 8.17. The van der Waals surface area contributed by atoms with Crippen LogP contribution in [-0.4, -0.2) is 44.3 Å². The zero-order chi connectivity index (χ0) is 18.0. The monoisotopic (exact) mass is 342 g/mol. The van der Waals surface area contributed by atoms with Crippen LogP contribution in [0, 0.1) is 35.5 Å². The first-order valence-electron chi connectivity index (χ1n) is 8.17. The Hall–Kier alpha value is -2.12. The fourth-order valence-corrected chi connectivity index (χ4v) is 4.62. The van der Waals surface area contributed by atoms with Gasteiger partial charge in [0.1, 0.15) is 0 Å². The van der Waals surface area contributed by atoms with Crippen LogP contribution in [-0.2, 0) is 19.2 Å². The first-order chi connectivity index (χ1) is 11.3. The number of hydrogen-bond donors (Lipinski definition) is 4. The third-order valence-electron chi connectivity index (χ3n) is 5.62. The molecule has 8 heteroatoms. The van der Waals surface area contributed by atoms with Crippen LogP contribution in [0.3, 0.4) is 0 Å². The predicted molar refractivity (Wildman–Crippen MR) is 79.2 cm³/mol. The van der Waals surface area contributed by atoms with E-state index >= 15 is 0 Å². The molecule has 6 atom stereocenters. The molecule has 134 valence electrons. The minimum Gasteiger partial charge on any atom is -0.481 e. The summed E-state index contributed by atoms with van der Waals surface area (Å²) in [5.41, 5.74) is 0. The third-order valence-corrected chi connectivity index (χ3v) is 5.62. The van der Waals surface area contributed by atoms with Crippen molar-refractivity contribution >= 4 is 23.9 Å². The molecule has 24 heavy (non-hydrogen) atoms. The van der Waals surface area contributed by atoms with Gasteiger partial charge >= 0.3 is 23.9 Å². The van der Waals surface area contributed by atoms with E-state index in [4.69, 9.17) is 0 Å². The Morgan fingerprint density at radius 2 is 1.17 bits per heavy atom. The van der Waals surface area contributed by atoms with E-state index in [0.717, 1.165) is 19.3 Å². The highest BCUT2D eigenvalue weighted by atomic mass is 16.4. The number of fused-ring (bicyclic) bond motifs is 1. The van der Waals surface area contributed by atoms with Gasteiger partial charge in [-0.3, -0.25) is 19.2 Å². The normalized spacial score (nSPS) is 36.7. The molecule has 2 saturated carbocycles. The minimum absolute atomic E-state index is 0.0184. The molecule has 2 fully saturated rings. The Kier molecular flexibility index (Phi) is 5.46. The van der Waals surface area contributed by atoms with Gasteiger partial charge in [-0.2, -0.15) is 0 Å². The summed E-state index contributed by atoms with van der Waals surface area (Å²) in [5, 5.41) is 38.1. The van der Waals surface area contributed by atoms with Crippen LogP contribution >= 0.6 is 0 Å². The van der Waals surface area contributed by atoms with E-state index in [9.17, 15) is 39.6 Å². The summed E-state index contributed by atoms with van der Waals surface area (Å²) < 4.78 is 0. The van der Waals surface area contributed by atoms with Gasteiger partial charge in [-0.1, -0.05) is 25.7 Å². The highest BCUT2D eigenvalue weighted by Gasteiger charge is 2.55. The van der Waals surface area contributed by atoms with Gasteiger partial charge in [-0.25, -0.2) is 0 Å². The van der Waals surface area contributed by atoms with E-state index < -0.39 is 53.5 Å². The van der Waals surface area contributed by atoms with Crippen molar-refractivity contribution < 1.29 is 39.6 Å². The Bertz CT molecular complexity index is 542. The molecule has 0 saturated heterocycles. The molecule has 6 unspecified atom stereocenters. The van der Waals surface area contributed by atoms with Crippen molar-refractivity contribution in [2.45, 2.75) is 38.5 Å². The predicted octanol–water partition coefficient (Wildman–Crippen LogP) is 1.39. The summed E-state index contributed by atoms with van der Waals surface area (Å²) in [6.07, 6.45) is 3.56. The molecule has 0 radical (unpaired) electrons. The summed E-state index contributed by atoms with van der Waals surface area (Å²) in [6.45, 7) is 0. The quantitative estimate of drug-likeness (QED) is 0.598. The van der Waals surface area contributed by atoms with Crippen molar-refractivity contribution in [2.75, 3.05) is 0 Å². The van der Waals surface area contributed by atoms with Crippen molar-refractivity contribution in [1.29, 1.82) is 0 Å². The second kappa shape index (κ2) is 7.19. The first kappa shape index (κ1) is 18.2. The Morgan fingerprint density at radius 3 is 1.67 bits per heavy atom. The summed E-state index contributed by atoms with van der Waals surface area (Å²) in [7, 11) is 0. The molecule has 0 heterocycles. The number of rotatable bonds is 4. The maximum atomic E-state index is 11.8. The molecule has 0 bridgehead atoms. The molecule has 2 aliphatic rings. The van der Waals surface area contributed by atoms with Gasteiger partial charge in [0.15, 0.2) is 0 Å². The summed E-state index contributed by atoms with van der Waals surface area (Å²) in [4.78, 5) is 46.9. The van der Waals surface area contributed by atoms with E-state index in [-0.39, 0.29) is 12.3 Å². The lowest BCUT2D eigenvalue weighted by Gasteiger charge is -2.31. The third kappa shape index (κ3) is 3.37. The molecule has 2 rings (SSSR count). The fraction of sp³-hybridized carbons (Fsp3) is 0.750. The van der Waals surface area contributed by atoms with Crippen LogP contribution in [0.5, 0.6) is 0 Å². The van der Waals surface area contributed by atoms with Crippen LogP contribution < -0.4 is 0 Å². The van der Waals surface area contributed by atoms with Crippen LogP contribution in [0.1, 0.15) is 38.5 Å². The molecule has 0 aromatic rings. The van der Waals surface area contributed by atoms with Crippen molar-refractivity contribution in [2.24, 2.45) is 35.5 Å². The lowest BCUT2D eigenvalue weighted by Crippen LogP contribution is -2.44. The number of hydrogen-bond acceptors (Lipinski definition) is 4. The molecule has 0 aliphatic heterocycles. The topological polar surface area (TPSA) is 149 Å². The van der Waals surface area contributed by atoms with Crippen molar-refractivity contribution in [1.82, 2.24) is 0 Å². The molecule has 8 nitrogen and oxygen atoms in total. The van der Waals surface area contributed by atoms with Gasteiger partial charge in [0.2, 0.25) is 0 Å². The molecular formula is C16H22O8. The van der Waals surface area contributed by atoms with Gasteiger partial charge in [0.05, 0.1) is 23.7 Å². The molecule has 2 aliphatic carbocycles. The molecule has 0 amide bonds. The van der Waals surface area contributed by atoms with Gasteiger partial charge in [0.25, 0.3) is 0 Å². The number of carbonyl (C=O) groups is 4. The lowest BCUT2D eigenvalue weighted by atomic mass is 9.71. The largest absolute Gasteiger partial charge is 0.481 e. The van der Waals surface area contributed by atoms with Gasteiger partial charge < -0.3 is 20.4 Å². The van der Waals surface area contributed by atoms with Crippen LogP contribution in [0.15, 0.2) is 0 Å². The molecule has 0 aromatic carbocycles. The van der Waals surface area contributed by atoms with Gasteiger partial charge in [-0.05, 0) is 24.7 Å². The highest BCUT2D eigenvalue weighted by Crippen LogP contribution is 2.48. The fourth-order valence-electron chi connectivity index (χ4n) is 4.62. The molecule has 0 spiro atoms. The number of aliphatic carboxylic acids is 4. The summed E-state index contributed by atoms with van der Waals surface area (Å²) in [5.74, 6) is -12.9. The van der Waals surface area contributed by atoms with Crippen molar-refractivity contribution in [3.63, 3.8) is 0 Å². The maximum absolute atomic E-state index is 11.8. The second-order valence-electron chi connectivity index (χ2n) is 6.83. The van der Waals surface area contributed by atoms with Gasteiger partial charge in [-0.15, -0.1) is 0 Å². The zero-order valence-electron chi connectivity index (χ0n) is 13.1. The number of carboxylic acids is 4. The Labute approximate surface area is 138 Å². The summed E-state index contributed by atoms with van der Waals surface area (Å²) >= 11 is 0. The van der Waals surface area contributed by atoms with E-state index in [1.807, 2.05) is 0 Å². The minimum atomic E-state index is -1.74. The van der Waals surface area contributed by atoms with Crippen molar-refractivity contribution in [3.05, 3.63) is 0 Å². The Balaban J connectivity index is 2.59. The van der Waals surface area contributed by atoms with Crippen LogP contribution in [0.2, 0.25) is 0 Å². The standard InChI is InChI=1S/C16H22O8/c17-13(18)9-6-7-4-2-1-3-5-8(7)10(14(19)20)12(16(23)24)11(9)15(21)22/h7-12H,1-6H2,(H,17,18)(H,19,20)(H,21,22)(H,23,24). The molecular weight excluding hydrogens is 320 g/mol. The average molecular weight is 342 g/mol. The summed E-state index contributed by atoms with van der Waals surface area (Å²) in [6, 6.07) is 0. The molecule has 4 N–H and O–H groups in total. The second-order valence-corrected chi connectivity index (χ2v) is 6.83. The van der Waals surface area contributed by atoms with Crippen molar-refractivity contribution in [3.8, 4) is 0 Å². The highest BCUT2D eigenvalue weighted by molar-refractivity contribution is 5.89. The smallest absolute Gasteiger partial charge is 0.308 e. The van der Waals surface area contributed by atoms with E-state index in [1.54, 1.807) is 0 Å². The van der Waals surface area contributed by atoms with E-state index in [0.29, 0.717) is 12.8 Å². The molecule has 0 aromatic heterocycles. The maximum Gasteiger partial charge on any atom is 0.308 e. The van der Waals surface area contributed by atoms with Crippen LogP contribution in [0.4, 0.5) is 0 Å². The SMILES string of the molecule is O=C(O)C1CC2CCCCCC2C(C(=O)O)C(C(=O)O)C1C(=O)O.